The van der Waals surface area contributed by atoms with Crippen LogP contribution in [-0.4, -0.2) is 28.4 Å². The highest BCUT2D eigenvalue weighted by Crippen LogP contribution is 2.39. The lowest BCUT2D eigenvalue weighted by atomic mass is 9.96. The van der Waals surface area contributed by atoms with Crippen LogP contribution < -0.4 is 23.8 Å². The van der Waals surface area contributed by atoms with Crippen LogP contribution in [0.1, 0.15) is 33.4 Å². The van der Waals surface area contributed by atoms with Crippen molar-refractivity contribution in [1.82, 2.24) is 0 Å². The molecular weight excluding hydrogens is 727 g/mol. The first-order valence-electron chi connectivity index (χ1n) is 19.5. The van der Waals surface area contributed by atoms with Crippen LogP contribution in [0.25, 0.3) is 23.3 Å². The summed E-state index contributed by atoms with van der Waals surface area (Å²) in [5, 5.41) is 0. The number of benzene rings is 7. The molecule has 7 rings (SSSR count). The van der Waals surface area contributed by atoms with Crippen molar-refractivity contribution in [3.05, 3.63) is 234 Å². The fourth-order valence-electron chi connectivity index (χ4n) is 7.04. The first-order valence-corrected chi connectivity index (χ1v) is 19.5. The molecule has 0 aliphatic heterocycles. The Morgan fingerprint density at radius 2 is 0.763 bits per heavy atom. The van der Waals surface area contributed by atoms with Crippen LogP contribution >= 0.6 is 0 Å². The minimum Gasteiger partial charge on any atom is -0.497 e. The van der Waals surface area contributed by atoms with Crippen molar-refractivity contribution in [3.8, 4) is 23.0 Å². The van der Waals surface area contributed by atoms with Crippen LogP contribution in [0.15, 0.2) is 200 Å². The average molecular weight is 774 g/mol. The van der Waals surface area contributed by atoms with E-state index in [0.29, 0.717) is 0 Å². The second-order valence-electron chi connectivity index (χ2n) is 13.6. The Morgan fingerprint density at radius 3 is 1.15 bits per heavy atom. The smallest absolute Gasteiger partial charge is 0.119 e. The van der Waals surface area contributed by atoms with Gasteiger partial charge in [0.2, 0.25) is 0 Å². The molecule has 0 N–H and O–H groups in total. The standard InChI is InChI=1S/C54H47NO4/c1-56-47-28-11-20-41(36-47)51(42-21-12-29-48(37-42)57-2)32-15-18-40-19-16-35-54(55(45-24-7-5-8-25-45)46-26-9-6-10-27-46)53(40)34-17-33-52(43-22-13-30-49(38-43)58-3)44-23-14-31-50(39-44)59-4/h5-39H,1-4H3. The van der Waals surface area contributed by atoms with E-state index >= 15 is 0 Å². The quantitative estimate of drug-likeness (QED) is 0.0971. The SMILES string of the molecule is COc1cccc(C(=CC=Cc2cccc(N(c3ccccc3)c3ccccc3)c2C=CC=C(c2cccc(OC)c2)c2cccc(OC)c2)c2cccc(OC)c2)c1. The Morgan fingerprint density at radius 1 is 0.390 bits per heavy atom. The molecule has 292 valence electrons. The molecular formula is C54H47NO4. The molecule has 0 radical (unpaired) electrons. The third-order valence-corrected chi connectivity index (χ3v) is 9.97. The van der Waals surface area contributed by atoms with Crippen LogP contribution in [0.4, 0.5) is 17.1 Å². The summed E-state index contributed by atoms with van der Waals surface area (Å²) >= 11 is 0. The molecule has 0 heterocycles. The lowest BCUT2D eigenvalue weighted by molar-refractivity contribution is 0.414. The number of hydrogen-bond acceptors (Lipinski definition) is 5. The first kappa shape index (κ1) is 39.7. The first-order chi connectivity index (χ1) is 29.1. The second kappa shape index (κ2) is 19.6. The van der Waals surface area contributed by atoms with E-state index < -0.39 is 0 Å². The van der Waals surface area contributed by atoms with Gasteiger partial charge in [0.15, 0.2) is 0 Å². The Kier molecular flexibility index (Phi) is 13.2. The van der Waals surface area contributed by atoms with Crippen molar-refractivity contribution in [1.29, 1.82) is 0 Å². The number of para-hydroxylation sites is 2. The highest BCUT2D eigenvalue weighted by molar-refractivity contribution is 5.89. The van der Waals surface area contributed by atoms with Gasteiger partial charge in [-0.3, -0.25) is 0 Å². The maximum Gasteiger partial charge on any atom is 0.119 e. The third-order valence-electron chi connectivity index (χ3n) is 9.97. The minimum atomic E-state index is 0.787. The van der Waals surface area contributed by atoms with Crippen LogP contribution in [-0.2, 0) is 0 Å². The molecule has 0 saturated heterocycles. The Hall–Kier alpha value is -7.50. The van der Waals surface area contributed by atoms with E-state index in [2.05, 4.69) is 157 Å². The van der Waals surface area contributed by atoms with Crippen molar-refractivity contribution in [2.45, 2.75) is 0 Å². The van der Waals surface area contributed by atoms with Crippen LogP contribution in [0.2, 0.25) is 0 Å². The largest absolute Gasteiger partial charge is 0.497 e. The van der Waals surface area contributed by atoms with E-state index in [0.717, 1.165) is 84.6 Å². The monoisotopic (exact) mass is 773 g/mol. The van der Waals surface area contributed by atoms with Gasteiger partial charge in [-0.15, -0.1) is 0 Å². The molecule has 7 aromatic rings. The molecule has 0 fully saturated rings. The highest BCUT2D eigenvalue weighted by atomic mass is 16.5. The lowest BCUT2D eigenvalue weighted by Crippen LogP contribution is -2.11. The van der Waals surface area contributed by atoms with Crippen molar-refractivity contribution in [2.24, 2.45) is 0 Å². The zero-order valence-corrected chi connectivity index (χ0v) is 33.8. The molecule has 59 heavy (non-hydrogen) atoms. The highest BCUT2D eigenvalue weighted by Gasteiger charge is 2.17. The number of anilines is 3. The van der Waals surface area contributed by atoms with Gasteiger partial charge in [0.1, 0.15) is 23.0 Å². The number of ether oxygens (including phenoxy) is 4. The molecule has 5 heteroatoms. The van der Waals surface area contributed by atoms with Gasteiger partial charge in [-0.25, -0.2) is 0 Å². The van der Waals surface area contributed by atoms with Crippen molar-refractivity contribution in [2.75, 3.05) is 33.3 Å². The molecule has 0 saturated carbocycles. The van der Waals surface area contributed by atoms with E-state index in [4.69, 9.17) is 18.9 Å². The van der Waals surface area contributed by atoms with E-state index in [9.17, 15) is 0 Å². The summed E-state index contributed by atoms with van der Waals surface area (Å²) in [6.45, 7) is 0. The summed E-state index contributed by atoms with van der Waals surface area (Å²) in [4.78, 5) is 2.31. The molecule has 7 aromatic carbocycles. The molecule has 0 spiro atoms. The fourth-order valence-corrected chi connectivity index (χ4v) is 7.04. The maximum atomic E-state index is 5.64. The van der Waals surface area contributed by atoms with E-state index in [-0.39, 0.29) is 0 Å². The van der Waals surface area contributed by atoms with Crippen LogP contribution in [0.5, 0.6) is 23.0 Å². The van der Waals surface area contributed by atoms with Crippen LogP contribution in [0, 0.1) is 0 Å². The topological polar surface area (TPSA) is 40.2 Å². The number of allylic oxidation sites excluding steroid dienone is 4. The van der Waals surface area contributed by atoms with Gasteiger partial charge in [0.05, 0.1) is 34.1 Å². The van der Waals surface area contributed by atoms with Crippen molar-refractivity contribution >= 4 is 40.4 Å². The second-order valence-corrected chi connectivity index (χ2v) is 13.6. The number of methoxy groups -OCH3 is 4. The van der Waals surface area contributed by atoms with E-state index in [1.165, 1.54) is 0 Å². The summed E-state index contributed by atoms with van der Waals surface area (Å²) in [5.74, 6) is 3.15. The van der Waals surface area contributed by atoms with Gasteiger partial charge in [-0.2, -0.15) is 0 Å². The maximum absolute atomic E-state index is 5.64. The van der Waals surface area contributed by atoms with Gasteiger partial charge < -0.3 is 23.8 Å². The predicted octanol–water partition coefficient (Wildman–Crippen LogP) is 13.5. The molecule has 0 aromatic heterocycles. The molecule has 5 nitrogen and oxygen atoms in total. The average Bonchev–Trinajstić information content (AvgIpc) is 3.30. The molecule has 0 bridgehead atoms. The summed E-state index contributed by atoms with van der Waals surface area (Å²) in [5.41, 5.74) is 11.4. The molecule has 0 atom stereocenters. The van der Waals surface area contributed by atoms with E-state index in [1.807, 2.05) is 60.7 Å². The molecule has 0 aliphatic carbocycles. The van der Waals surface area contributed by atoms with Gasteiger partial charge >= 0.3 is 0 Å². The lowest BCUT2D eigenvalue weighted by Gasteiger charge is -2.27. The Labute approximate surface area is 348 Å². The summed E-state index contributed by atoms with van der Waals surface area (Å²) < 4.78 is 22.5. The Balaban J connectivity index is 1.41. The zero-order valence-electron chi connectivity index (χ0n) is 33.8. The summed E-state index contributed by atoms with van der Waals surface area (Å²) in [6, 6.07) is 59.9. The van der Waals surface area contributed by atoms with Gasteiger partial charge in [-0.05, 0) is 118 Å². The number of rotatable bonds is 15. The fraction of sp³-hybridized carbons (Fsp3) is 0.0741. The molecule has 0 unspecified atom stereocenters. The summed E-state index contributed by atoms with van der Waals surface area (Å²) in [7, 11) is 6.76. The van der Waals surface area contributed by atoms with Crippen molar-refractivity contribution < 1.29 is 18.9 Å². The molecule has 0 aliphatic rings. The Bertz CT molecular complexity index is 2470. The molecule has 0 amide bonds. The number of hydrogen-bond donors (Lipinski definition) is 0. The summed E-state index contributed by atoms with van der Waals surface area (Å²) in [6.07, 6.45) is 12.9. The van der Waals surface area contributed by atoms with Gasteiger partial charge in [0, 0.05) is 16.9 Å². The number of nitrogens with zero attached hydrogens (tertiary/aromatic N) is 1. The van der Waals surface area contributed by atoms with Crippen molar-refractivity contribution in [3.63, 3.8) is 0 Å². The van der Waals surface area contributed by atoms with Gasteiger partial charge in [0.25, 0.3) is 0 Å². The predicted molar refractivity (Wildman–Crippen MR) is 245 cm³/mol. The third kappa shape index (κ3) is 9.73. The minimum absolute atomic E-state index is 0.787. The zero-order chi connectivity index (χ0) is 40.8. The van der Waals surface area contributed by atoms with Gasteiger partial charge in [-0.1, -0.05) is 134 Å². The normalized spacial score (nSPS) is 10.9. The van der Waals surface area contributed by atoms with Crippen LogP contribution in [0.3, 0.4) is 0 Å². The van der Waals surface area contributed by atoms with E-state index in [1.54, 1.807) is 28.4 Å².